The van der Waals surface area contributed by atoms with Gasteiger partial charge in [0, 0.05) is 11.8 Å². The molecular weight excluding hydrogens is 354 g/mol. The van der Waals surface area contributed by atoms with Gasteiger partial charge in [0.1, 0.15) is 23.6 Å². The Morgan fingerprint density at radius 3 is 2.57 bits per heavy atom. The second-order valence-electron chi connectivity index (χ2n) is 6.22. The molecule has 7 heteroatoms. The Labute approximate surface area is 163 Å². The van der Waals surface area contributed by atoms with Crippen LogP contribution >= 0.6 is 0 Å². The van der Waals surface area contributed by atoms with Crippen molar-refractivity contribution in [3.63, 3.8) is 0 Å². The summed E-state index contributed by atoms with van der Waals surface area (Å²) in [7, 11) is 0. The minimum absolute atomic E-state index is 0.0297. The smallest absolute Gasteiger partial charge is 0.274 e. The average Bonchev–Trinajstić information content (AvgIpc) is 2.70. The van der Waals surface area contributed by atoms with Crippen LogP contribution < -0.4 is 15.4 Å². The van der Waals surface area contributed by atoms with Crippen molar-refractivity contribution in [3.05, 3.63) is 72.2 Å². The molecule has 140 valence electrons. The number of hydrogen-bond acceptors (Lipinski definition) is 6. The number of carbonyl (C=O) groups is 1. The summed E-state index contributed by atoms with van der Waals surface area (Å²) < 4.78 is 5.79. The number of para-hydroxylation sites is 2. The lowest BCUT2D eigenvalue weighted by Crippen LogP contribution is -2.14. The van der Waals surface area contributed by atoms with Gasteiger partial charge in [0.15, 0.2) is 0 Å². The Morgan fingerprint density at radius 1 is 1.11 bits per heavy atom. The zero-order valence-corrected chi connectivity index (χ0v) is 15.5. The lowest BCUT2D eigenvalue weighted by atomic mass is 10.2. The summed E-state index contributed by atoms with van der Waals surface area (Å²) in [5.41, 5.74) is 2.05. The quantitative estimate of drug-likeness (QED) is 0.674. The van der Waals surface area contributed by atoms with Gasteiger partial charge in [-0.05, 0) is 50.2 Å². The molecule has 0 aliphatic heterocycles. The second kappa shape index (κ2) is 8.64. The Bertz CT molecular complexity index is 1010. The Morgan fingerprint density at radius 2 is 1.86 bits per heavy atom. The largest absolute Gasteiger partial charge is 0.489 e. The predicted octanol–water partition coefficient (Wildman–Crippen LogP) is 4.13. The van der Waals surface area contributed by atoms with Gasteiger partial charge in [-0.2, -0.15) is 5.26 Å². The van der Waals surface area contributed by atoms with Gasteiger partial charge in [0.25, 0.3) is 5.91 Å². The molecule has 1 amide bonds. The normalized spacial score (nSPS) is 10.2. The third-order valence-electron chi connectivity index (χ3n) is 3.68. The van der Waals surface area contributed by atoms with E-state index in [4.69, 9.17) is 10.00 Å². The number of anilines is 3. The summed E-state index contributed by atoms with van der Waals surface area (Å²) in [6.45, 7) is 3.90. The van der Waals surface area contributed by atoms with E-state index in [1.165, 1.54) is 6.33 Å². The zero-order chi connectivity index (χ0) is 19.9. The molecule has 3 aromatic rings. The van der Waals surface area contributed by atoms with Gasteiger partial charge in [-0.1, -0.05) is 12.1 Å². The number of ether oxygens (including phenoxy) is 1. The molecule has 2 N–H and O–H groups in total. The molecule has 2 aromatic carbocycles. The van der Waals surface area contributed by atoms with Gasteiger partial charge >= 0.3 is 0 Å². The lowest BCUT2D eigenvalue weighted by Gasteiger charge is -2.15. The van der Waals surface area contributed by atoms with E-state index in [1.807, 2.05) is 44.2 Å². The van der Waals surface area contributed by atoms with Crippen molar-refractivity contribution in [1.82, 2.24) is 9.97 Å². The van der Waals surface area contributed by atoms with Crippen LogP contribution in [0.15, 0.2) is 60.9 Å². The van der Waals surface area contributed by atoms with Gasteiger partial charge < -0.3 is 15.4 Å². The first kappa shape index (κ1) is 18.9. The highest BCUT2D eigenvalue weighted by atomic mass is 16.5. The molecule has 0 aliphatic rings. The molecule has 0 atom stereocenters. The third kappa shape index (κ3) is 4.83. The Kier molecular flexibility index (Phi) is 5.82. The SMILES string of the molecule is CC(C)Oc1ccccc1Nc1cc(C(=O)Nc2ccc(C#N)cc2)ncn1. The lowest BCUT2D eigenvalue weighted by molar-refractivity contribution is 0.102. The minimum Gasteiger partial charge on any atom is -0.489 e. The van der Waals surface area contributed by atoms with Crippen molar-refractivity contribution in [3.8, 4) is 11.8 Å². The Hall–Kier alpha value is -3.92. The highest BCUT2D eigenvalue weighted by Gasteiger charge is 2.11. The molecule has 0 spiro atoms. The molecule has 0 saturated carbocycles. The number of amides is 1. The van der Waals surface area contributed by atoms with Crippen LogP contribution in [-0.2, 0) is 0 Å². The predicted molar refractivity (Wildman–Crippen MR) is 107 cm³/mol. The maximum Gasteiger partial charge on any atom is 0.274 e. The number of nitrogens with zero attached hydrogens (tertiary/aromatic N) is 3. The van der Waals surface area contributed by atoms with Crippen LogP contribution in [0.1, 0.15) is 29.9 Å². The molecule has 0 unspecified atom stereocenters. The molecule has 3 rings (SSSR count). The summed E-state index contributed by atoms with van der Waals surface area (Å²) in [6, 6.07) is 17.7. The third-order valence-corrected chi connectivity index (χ3v) is 3.68. The molecule has 0 aliphatic carbocycles. The van der Waals surface area contributed by atoms with E-state index < -0.39 is 0 Å². The van der Waals surface area contributed by atoms with Crippen LogP contribution in [0.5, 0.6) is 5.75 Å². The van der Waals surface area contributed by atoms with Gasteiger partial charge in [0.2, 0.25) is 0 Å². The van der Waals surface area contributed by atoms with Crippen molar-refractivity contribution in [1.29, 1.82) is 5.26 Å². The monoisotopic (exact) mass is 373 g/mol. The van der Waals surface area contributed by atoms with E-state index in [0.717, 1.165) is 5.69 Å². The van der Waals surface area contributed by atoms with Crippen LogP contribution in [0.2, 0.25) is 0 Å². The zero-order valence-electron chi connectivity index (χ0n) is 15.5. The second-order valence-corrected chi connectivity index (χ2v) is 6.22. The summed E-state index contributed by atoms with van der Waals surface area (Å²) in [5.74, 6) is 0.793. The van der Waals surface area contributed by atoms with E-state index in [1.54, 1.807) is 30.3 Å². The van der Waals surface area contributed by atoms with E-state index >= 15 is 0 Å². The number of nitriles is 1. The van der Waals surface area contributed by atoms with Crippen LogP contribution in [0.4, 0.5) is 17.2 Å². The van der Waals surface area contributed by atoms with Crippen LogP contribution in [0.3, 0.4) is 0 Å². The molecule has 0 fully saturated rings. The first-order chi connectivity index (χ1) is 13.5. The van der Waals surface area contributed by atoms with E-state index in [0.29, 0.717) is 22.8 Å². The summed E-state index contributed by atoms with van der Waals surface area (Å²) in [6.07, 6.45) is 1.35. The molecule has 28 heavy (non-hydrogen) atoms. The van der Waals surface area contributed by atoms with Crippen LogP contribution in [0, 0.1) is 11.3 Å². The summed E-state index contributed by atoms with van der Waals surface area (Å²) in [4.78, 5) is 20.7. The standard InChI is InChI=1S/C21H19N5O2/c1-14(2)28-19-6-4-3-5-17(19)26-20-11-18(23-13-24-20)21(27)25-16-9-7-15(12-22)8-10-16/h3-11,13-14H,1-2H3,(H,25,27)(H,23,24,26). The number of aromatic nitrogens is 2. The van der Waals surface area contributed by atoms with Gasteiger partial charge in [0.05, 0.1) is 23.4 Å². The minimum atomic E-state index is -0.373. The highest BCUT2D eigenvalue weighted by Crippen LogP contribution is 2.27. The van der Waals surface area contributed by atoms with Crippen LogP contribution in [-0.4, -0.2) is 22.0 Å². The molecule has 0 bridgehead atoms. The number of rotatable bonds is 6. The fourth-order valence-electron chi connectivity index (χ4n) is 2.44. The van der Waals surface area contributed by atoms with Gasteiger partial charge in [-0.15, -0.1) is 0 Å². The first-order valence-corrected chi connectivity index (χ1v) is 8.71. The molecule has 0 radical (unpaired) electrons. The molecule has 7 nitrogen and oxygen atoms in total. The molecule has 1 aromatic heterocycles. The van der Waals surface area contributed by atoms with Crippen LogP contribution in [0.25, 0.3) is 0 Å². The summed E-state index contributed by atoms with van der Waals surface area (Å²) in [5, 5.41) is 14.7. The van der Waals surface area contributed by atoms with Gasteiger partial charge in [-0.3, -0.25) is 4.79 Å². The van der Waals surface area contributed by atoms with Crippen molar-refractivity contribution in [2.45, 2.75) is 20.0 Å². The van der Waals surface area contributed by atoms with Crippen molar-refractivity contribution >= 4 is 23.1 Å². The Balaban J connectivity index is 1.75. The maximum atomic E-state index is 12.5. The van der Waals surface area contributed by atoms with E-state index in [2.05, 4.69) is 20.6 Å². The average molecular weight is 373 g/mol. The van der Waals surface area contributed by atoms with Gasteiger partial charge in [-0.25, -0.2) is 9.97 Å². The number of hydrogen-bond donors (Lipinski definition) is 2. The first-order valence-electron chi connectivity index (χ1n) is 8.71. The van der Waals surface area contributed by atoms with Crippen molar-refractivity contribution in [2.24, 2.45) is 0 Å². The number of benzene rings is 2. The number of carbonyl (C=O) groups excluding carboxylic acids is 1. The highest BCUT2D eigenvalue weighted by molar-refractivity contribution is 6.03. The fraction of sp³-hybridized carbons (Fsp3) is 0.143. The fourth-order valence-corrected chi connectivity index (χ4v) is 2.44. The maximum absolute atomic E-state index is 12.5. The van der Waals surface area contributed by atoms with Crippen molar-refractivity contribution < 1.29 is 9.53 Å². The molecule has 1 heterocycles. The topological polar surface area (TPSA) is 99.9 Å². The van der Waals surface area contributed by atoms with E-state index in [-0.39, 0.29) is 17.7 Å². The summed E-state index contributed by atoms with van der Waals surface area (Å²) >= 11 is 0. The van der Waals surface area contributed by atoms with Crippen molar-refractivity contribution in [2.75, 3.05) is 10.6 Å². The molecule has 0 saturated heterocycles. The van der Waals surface area contributed by atoms with E-state index in [9.17, 15) is 4.79 Å². The number of nitrogens with one attached hydrogen (secondary N) is 2. The molecular formula is C21H19N5O2.